The fraction of sp³-hybridized carbons (Fsp3) is 0.545. The third-order valence-electron chi connectivity index (χ3n) is 3.13. The average Bonchev–Trinajstić information content (AvgIpc) is 3.01. The van der Waals surface area contributed by atoms with Crippen LogP contribution in [0.5, 0.6) is 0 Å². The van der Waals surface area contributed by atoms with Crippen molar-refractivity contribution >= 4 is 11.5 Å². The molecule has 0 amide bonds. The van der Waals surface area contributed by atoms with Crippen LogP contribution in [-0.4, -0.2) is 23.2 Å². The smallest absolute Gasteiger partial charge is 0.149 e. The molecule has 1 aromatic rings. The summed E-state index contributed by atoms with van der Waals surface area (Å²) >= 11 is 0. The largest absolute Gasteiger partial charge is 0.396 e. The Morgan fingerprint density at radius 1 is 1.60 bits per heavy atom. The highest BCUT2D eigenvalue weighted by molar-refractivity contribution is 5.64. The number of nitrogen functional groups attached to an aromatic ring is 1. The van der Waals surface area contributed by atoms with E-state index in [0.29, 0.717) is 5.69 Å². The molecule has 1 heterocycles. The van der Waals surface area contributed by atoms with Crippen molar-refractivity contribution in [1.29, 1.82) is 0 Å². The van der Waals surface area contributed by atoms with Gasteiger partial charge >= 0.3 is 0 Å². The molecule has 1 saturated carbocycles. The molecule has 0 unspecified atom stereocenters. The molecule has 4 heteroatoms. The van der Waals surface area contributed by atoms with E-state index in [1.54, 1.807) is 6.20 Å². The number of aryl methyl sites for hydroxylation is 1. The standard InChI is InChI=1S/C11H17N3O/c1-8-2-5-13-10(9(8)12)14-6-11(7-15)3-4-11/h2,5,15H,3-4,6-7,12H2,1H3,(H,13,14). The van der Waals surface area contributed by atoms with E-state index in [2.05, 4.69) is 10.3 Å². The third-order valence-corrected chi connectivity index (χ3v) is 3.13. The maximum absolute atomic E-state index is 9.17. The maximum Gasteiger partial charge on any atom is 0.149 e. The highest BCUT2D eigenvalue weighted by atomic mass is 16.3. The van der Waals surface area contributed by atoms with Crippen molar-refractivity contribution in [3.8, 4) is 0 Å². The Balaban J connectivity index is 2.02. The lowest BCUT2D eigenvalue weighted by Crippen LogP contribution is -2.20. The third kappa shape index (κ3) is 2.04. The second kappa shape index (κ2) is 3.70. The van der Waals surface area contributed by atoms with Crippen molar-refractivity contribution in [2.24, 2.45) is 5.41 Å². The Morgan fingerprint density at radius 3 is 2.93 bits per heavy atom. The molecule has 1 aliphatic rings. The normalized spacial score (nSPS) is 17.5. The Hall–Kier alpha value is -1.29. The Kier molecular flexibility index (Phi) is 2.52. The number of nitrogens with zero attached hydrogens (tertiary/aromatic N) is 1. The average molecular weight is 207 g/mol. The minimum absolute atomic E-state index is 0.0812. The van der Waals surface area contributed by atoms with Gasteiger partial charge in [-0.25, -0.2) is 4.98 Å². The van der Waals surface area contributed by atoms with E-state index in [4.69, 9.17) is 10.8 Å². The van der Waals surface area contributed by atoms with E-state index in [9.17, 15) is 0 Å². The first kappa shape index (κ1) is 10.2. The number of pyridine rings is 1. The molecule has 1 aromatic heterocycles. The van der Waals surface area contributed by atoms with Gasteiger partial charge in [-0.05, 0) is 31.4 Å². The van der Waals surface area contributed by atoms with Gasteiger partial charge in [-0.2, -0.15) is 0 Å². The minimum Gasteiger partial charge on any atom is -0.396 e. The maximum atomic E-state index is 9.17. The van der Waals surface area contributed by atoms with Gasteiger partial charge in [-0.3, -0.25) is 0 Å². The summed E-state index contributed by atoms with van der Waals surface area (Å²) < 4.78 is 0. The summed E-state index contributed by atoms with van der Waals surface area (Å²) in [6.45, 7) is 2.96. The molecular weight excluding hydrogens is 190 g/mol. The van der Waals surface area contributed by atoms with E-state index < -0.39 is 0 Å². The zero-order valence-corrected chi connectivity index (χ0v) is 8.95. The lowest BCUT2D eigenvalue weighted by atomic mass is 10.1. The van der Waals surface area contributed by atoms with Crippen molar-refractivity contribution in [3.63, 3.8) is 0 Å². The van der Waals surface area contributed by atoms with Crippen LogP contribution in [-0.2, 0) is 0 Å². The zero-order chi connectivity index (χ0) is 10.9. The number of aliphatic hydroxyl groups is 1. The van der Waals surface area contributed by atoms with Crippen LogP contribution >= 0.6 is 0 Å². The topological polar surface area (TPSA) is 71.2 Å². The van der Waals surface area contributed by atoms with Gasteiger partial charge in [0, 0.05) is 18.2 Å². The fourth-order valence-electron chi connectivity index (χ4n) is 1.55. The van der Waals surface area contributed by atoms with Gasteiger partial charge in [0.1, 0.15) is 5.82 Å². The second-order valence-corrected chi connectivity index (χ2v) is 4.40. The van der Waals surface area contributed by atoms with Crippen LogP contribution in [0, 0.1) is 12.3 Å². The van der Waals surface area contributed by atoms with E-state index in [1.807, 2.05) is 13.0 Å². The summed E-state index contributed by atoms with van der Waals surface area (Å²) in [4.78, 5) is 4.19. The van der Waals surface area contributed by atoms with Crippen molar-refractivity contribution in [3.05, 3.63) is 17.8 Å². The Morgan fingerprint density at radius 2 is 2.33 bits per heavy atom. The van der Waals surface area contributed by atoms with Crippen LogP contribution in [0.25, 0.3) is 0 Å². The molecule has 0 radical (unpaired) electrons. The molecule has 0 aromatic carbocycles. The molecule has 1 aliphatic carbocycles. The number of anilines is 2. The number of nitrogens with one attached hydrogen (secondary N) is 1. The Bertz CT molecular complexity index is 361. The summed E-state index contributed by atoms with van der Waals surface area (Å²) in [6.07, 6.45) is 3.91. The van der Waals surface area contributed by atoms with Crippen molar-refractivity contribution < 1.29 is 5.11 Å². The molecule has 4 nitrogen and oxygen atoms in total. The summed E-state index contributed by atoms with van der Waals surface area (Å²) in [7, 11) is 0. The Labute approximate surface area is 89.5 Å². The summed E-state index contributed by atoms with van der Waals surface area (Å²) in [6, 6.07) is 1.89. The van der Waals surface area contributed by atoms with Gasteiger partial charge in [0.2, 0.25) is 0 Å². The number of nitrogens with two attached hydrogens (primary N) is 1. The van der Waals surface area contributed by atoms with Crippen LogP contribution in [0.2, 0.25) is 0 Å². The first-order chi connectivity index (χ1) is 7.17. The number of aromatic nitrogens is 1. The number of hydrogen-bond acceptors (Lipinski definition) is 4. The fourth-order valence-corrected chi connectivity index (χ4v) is 1.55. The molecule has 4 N–H and O–H groups in total. The SMILES string of the molecule is Cc1ccnc(NCC2(CO)CC2)c1N. The van der Waals surface area contributed by atoms with Crippen LogP contribution in [0.3, 0.4) is 0 Å². The van der Waals surface area contributed by atoms with Crippen LogP contribution in [0.15, 0.2) is 12.3 Å². The van der Waals surface area contributed by atoms with Crippen molar-refractivity contribution in [1.82, 2.24) is 4.98 Å². The molecule has 0 bridgehead atoms. The monoisotopic (exact) mass is 207 g/mol. The minimum atomic E-state index is 0.0812. The van der Waals surface area contributed by atoms with Gasteiger partial charge in [-0.1, -0.05) is 0 Å². The quantitative estimate of drug-likeness (QED) is 0.692. The van der Waals surface area contributed by atoms with Gasteiger partial charge in [-0.15, -0.1) is 0 Å². The van der Waals surface area contributed by atoms with Gasteiger partial charge in [0.05, 0.1) is 12.3 Å². The van der Waals surface area contributed by atoms with E-state index in [1.165, 1.54) is 0 Å². The first-order valence-electron chi connectivity index (χ1n) is 5.23. The van der Waals surface area contributed by atoms with Crippen molar-refractivity contribution in [2.75, 3.05) is 24.2 Å². The molecule has 2 rings (SSSR count). The summed E-state index contributed by atoms with van der Waals surface area (Å²) in [5, 5.41) is 12.4. The molecule has 82 valence electrons. The number of hydrogen-bond donors (Lipinski definition) is 3. The summed E-state index contributed by atoms with van der Waals surface area (Å²) in [5.74, 6) is 0.731. The highest BCUT2D eigenvalue weighted by Gasteiger charge is 2.41. The van der Waals surface area contributed by atoms with Gasteiger partial charge < -0.3 is 16.2 Å². The second-order valence-electron chi connectivity index (χ2n) is 4.40. The molecule has 1 fully saturated rings. The van der Waals surface area contributed by atoms with Crippen molar-refractivity contribution in [2.45, 2.75) is 19.8 Å². The predicted octanol–water partition coefficient (Wildman–Crippen LogP) is 1.16. The van der Waals surface area contributed by atoms with Gasteiger partial charge in [0.15, 0.2) is 0 Å². The highest BCUT2D eigenvalue weighted by Crippen LogP contribution is 2.45. The van der Waals surface area contributed by atoms with Gasteiger partial charge in [0.25, 0.3) is 0 Å². The molecule has 0 saturated heterocycles. The lowest BCUT2D eigenvalue weighted by molar-refractivity contribution is 0.219. The molecule has 15 heavy (non-hydrogen) atoms. The zero-order valence-electron chi connectivity index (χ0n) is 8.95. The van der Waals surface area contributed by atoms with Crippen LogP contribution in [0.1, 0.15) is 18.4 Å². The first-order valence-corrected chi connectivity index (χ1v) is 5.23. The molecule has 0 spiro atoms. The van der Waals surface area contributed by atoms with E-state index in [-0.39, 0.29) is 12.0 Å². The van der Waals surface area contributed by atoms with Crippen LogP contribution in [0.4, 0.5) is 11.5 Å². The molecule has 0 aliphatic heterocycles. The van der Waals surface area contributed by atoms with E-state index >= 15 is 0 Å². The molecular formula is C11H17N3O. The predicted molar refractivity (Wildman–Crippen MR) is 60.6 cm³/mol. The molecule has 0 atom stereocenters. The summed E-state index contributed by atoms with van der Waals surface area (Å²) in [5.41, 5.74) is 7.70. The van der Waals surface area contributed by atoms with Crippen LogP contribution < -0.4 is 11.1 Å². The van der Waals surface area contributed by atoms with E-state index in [0.717, 1.165) is 30.8 Å². The number of aliphatic hydroxyl groups excluding tert-OH is 1. The number of rotatable bonds is 4. The lowest BCUT2D eigenvalue weighted by Gasteiger charge is -2.15.